The average Bonchev–Trinajstić information content (AvgIpc) is 3.14. The van der Waals surface area contributed by atoms with E-state index in [4.69, 9.17) is 4.74 Å². The summed E-state index contributed by atoms with van der Waals surface area (Å²) in [4.78, 5) is 16.3. The number of aromatic nitrogens is 3. The van der Waals surface area contributed by atoms with Crippen LogP contribution in [-0.4, -0.2) is 34.4 Å². The maximum Gasteiger partial charge on any atom is 0.319 e. The maximum atomic E-state index is 12.2. The Morgan fingerprint density at radius 2 is 2.25 bits per heavy atom. The molecule has 0 spiro atoms. The quantitative estimate of drug-likeness (QED) is 0.637. The van der Waals surface area contributed by atoms with Gasteiger partial charge in [0.05, 0.1) is 18.9 Å². The number of carbonyl (C=O) groups is 1. The molecular formula is C21H23N5O2. The third-order valence-electron chi connectivity index (χ3n) is 4.91. The van der Waals surface area contributed by atoms with Crippen molar-refractivity contribution in [3.8, 4) is 11.3 Å². The lowest BCUT2D eigenvalue weighted by molar-refractivity contribution is 0.110. The van der Waals surface area contributed by atoms with E-state index in [0.29, 0.717) is 13.2 Å². The van der Waals surface area contributed by atoms with Gasteiger partial charge in [0.25, 0.3) is 0 Å². The Morgan fingerprint density at radius 1 is 1.32 bits per heavy atom. The molecule has 1 aliphatic rings. The molecule has 0 saturated heterocycles. The van der Waals surface area contributed by atoms with Gasteiger partial charge in [-0.25, -0.2) is 4.79 Å². The van der Waals surface area contributed by atoms with Crippen LogP contribution in [0.15, 0.2) is 42.7 Å². The highest BCUT2D eigenvalue weighted by Gasteiger charge is 2.18. The first-order valence-corrected chi connectivity index (χ1v) is 9.39. The van der Waals surface area contributed by atoms with Crippen LogP contribution in [0.1, 0.15) is 22.4 Å². The summed E-state index contributed by atoms with van der Waals surface area (Å²) < 4.78 is 5.56. The molecule has 0 bridgehead atoms. The number of urea groups is 1. The van der Waals surface area contributed by atoms with Gasteiger partial charge in [0, 0.05) is 47.9 Å². The Labute approximate surface area is 163 Å². The van der Waals surface area contributed by atoms with E-state index in [1.807, 2.05) is 43.5 Å². The summed E-state index contributed by atoms with van der Waals surface area (Å²) in [5, 5.41) is 13.3. The minimum Gasteiger partial charge on any atom is -0.376 e. The van der Waals surface area contributed by atoms with Gasteiger partial charge < -0.3 is 15.4 Å². The minimum atomic E-state index is -0.226. The van der Waals surface area contributed by atoms with Gasteiger partial charge in [-0.3, -0.25) is 10.1 Å². The van der Waals surface area contributed by atoms with Crippen LogP contribution in [0.25, 0.3) is 11.3 Å². The number of anilines is 1. The molecule has 0 radical (unpaired) electrons. The molecule has 3 heterocycles. The maximum absolute atomic E-state index is 12.2. The van der Waals surface area contributed by atoms with E-state index in [9.17, 15) is 4.79 Å². The molecule has 144 valence electrons. The van der Waals surface area contributed by atoms with Gasteiger partial charge in [-0.2, -0.15) is 5.10 Å². The van der Waals surface area contributed by atoms with E-state index >= 15 is 0 Å². The summed E-state index contributed by atoms with van der Waals surface area (Å²) in [7, 11) is 0. The zero-order chi connectivity index (χ0) is 19.3. The number of amides is 2. The number of benzene rings is 1. The van der Waals surface area contributed by atoms with E-state index < -0.39 is 0 Å². The first-order valence-electron chi connectivity index (χ1n) is 9.39. The molecule has 4 rings (SSSR count). The molecule has 3 N–H and O–H groups in total. The highest BCUT2D eigenvalue weighted by Crippen LogP contribution is 2.28. The summed E-state index contributed by atoms with van der Waals surface area (Å²) in [5.41, 5.74) is 7.10. The number of hydrogen-bond donors (Lipinski definition) is 3. The molecule has 0 saturated carbocycles. The predicted octanol–water partition coefficient (Wildman–Crippen LogP) is 3.22. The Hall–Kier alpha value is -3.19. The molecule has 28 heavy (non-hydrogen) atoms. The summed E-state index contributed by atoms with van der Waals surface area (Å²) in [6.07, 6.45) is 5.22. The molecule has 0 unspecified atom stereocenters. The fourth-order valence-corrected chi connectivity index (χ4v) is 3.36. The molecule has 2 aromatic heterocycles. The average molecular weight is 377 g/mol. The van der Waals surface area contributed by atoms with Crippen molar-refractivity contribution in [3.63, 3.8) is 0 Å². The van der Waals surface area contributed by atoms with Crippen LogP contribution in [0.5, 0.6) is 0 Å². The molecule has 0 fully saturated rings. The van der Waals surface area contributed by atoms with E-state index in [1.165, 1.54) is 5.56 Å². The van der Waals surface area contributed by atoms with Crippen molar-refractivity contribution < 1.29 is 9.53 Å². The Bertz CT molecular complexity index is 982. The molecular weight excluding hydrogens is 354 g/mol. The number of hydrogen-bond acceptors (Lipinski definition) is 4. The van der Waals surface area contributed by atoms with Crippen molar-refractivity contribution in [2.24, 2.45) is 0 Å². The van der Waals surface area contributed by atoms with E-state index in [0.717, 1.165) is 53.2 Å². The van der Waals surface area contributed by atoms with Gasteiger partial charge in [-0.1, -0.05) is 12.1 Å². The largest absolute Gasteiger partial charge is 0.376 e. The van der Waals surface area contributed by atoms with E-state index in [2.05, 4.69) is 25.8 Å². The summed E-state index contributed by atoms with van der Waals surface area (Å²) in [5.74, 6) is 0. The number of H-pyrrole nitrogens is 1. The van der Waals surface area contributed by atoms with Crippen LogP contribution in [0.3, 0.4) is 0 Å². The van der Waals surface area contributed by atoms with Gasteiger partial charge in [0.1, 0.15) is 0 Å². The molecule has 1 aliphatic heterocycles. The second kappa shape index (κ2) is 8.22. The highest BCUT2D eigenvalue weighted by molar-refractivity contribution is 5.90. The normalized spacial score (nSPS) is 13.0. The standard InChI is InChI=1S/C21H23N5O2/c1-14-12-22-8-5-15(14)6-9-23-21(27)24-17-4-2-3-16(11-17)20-18-13-28-10-7-19(18)25-26-20/h2-5,8,11-12H,6-7,9-10,13H2,1H3,(H,25,26)(H2,23,24,27). The monoisotopic (exact) mass is 377 g/mol. The van der Waals surface area contributed by atoms with Crippen LogP contribution in [0.2, 0.25) is 0 Å². The van der Waals surface area contributed by atoms with Gasteiger partial charge >= 0.3 is 6.03 Å². The number of nitrogens with one attached hydrogen (secondary N) is 3. The number of nitrogens with zero attached hydrogens (tertiary/aromatic N) is 2. The Kier molecular flexibility index (Phi) is 5.34. The molecule has 1 aromatic carbocycles. The smallest absolute Gasteiger partial charge is 0.319 e. The van der Waals surface area contributed by atoms with Crippen molar-refractivity contribution in [3.05, 3.63) is 65.1 Å². The lowest BCUT2D eigenvalue weighted by Gasteiger charge is -2.13. The third-order valence-corrected chi connectivity index (χ3v) is 4.91. The summed E-state index contributed by atoms with van der Waals surface area (Å²) in [6, 6.07) is 9.45. The minimum absolute atomic E-state index is 0.226. The van der Waals surface area contributed by atoms with Crippen molar-refractivity contribution in [1.82, 2.24) is 20.5 Å². The number of aryl methyl sites for hydroxylation is 1. The first-order chi connectivity index (χ1) is 13.7. The third kappa shape index (κ3) is 4.04. The van der Waals surface area contributed by atoms with Crippen molar-refractivity contribution >= 4 is 11.7 Å². The molecule has 0 aliphatic carbocycles. The predicted molar refractivity (Wildman–Crippen MR) is 107 cm³/mol. The van der Waals surface area contributed by atoms with E-state index in [1.54, 1.807) is 6.20 Å². The first kappa shape index (κ1) is 18.2. The lowest BCUT2D eigenvalue weighted by Crippen LogP contribution is -2.30. The summed E-state index contributed by atoms with van der Waals surface area (Å²) >= 11 is 0. The number of rotatable bonds is 5. The van der Waals surface area contributed by atoms with Crippen LogP contribution in [-0.2, 0) is 24.2 Å². The molecule has 2 amide bonds. The van der Waals surface area contributed by atoms with Crippen LogP contribution in [0.4, 0.5) is 10.5 Å². The molecule has 7 nitrogen and oxygen atoms in total. The second-order valence-electron chi connectivity index (χ2n) is 6.85. The SMILES string of the molecule is Cc1cnccc1CCNC(=O)Nc1cccc(-c2n[nH]c3c2COCC3)c1. The second-order valence-corrected chi connectivity index (χ2v) is 6.85. The van der Waals surface area contributed by atoms with Gasteiger partial charge in [-0.05, 0) is 42.7 Å². The molecule has 0 atom stereocenters. The van der Waals surface area contributed by atoms with Gasteiger partial charge in [0.2, 0.25) is 0 Å². The number of ether oxygens (including phenoxy) is 1. The fourth-order valence-electron chi connectivity index (χ4n) is 3.36. The topological polar surface area (TPSA) is 91.9 Å². The van der Waals surface area contributed by atoms with Gasteiger partial charge in [0.15, 0.2) is 0 Å². The van der Waals surface area contributed by atoms with Crippen LogP contribution < -0.4 is 10.6 Å². The van der Waals surface area contributed by atoms with Gasteiger partial charge in [-0.15, -0.1) is 0 Å². The number of carbonyl (C=O) groups excluding carboxylic acids is 1. The van der Waals surface area contributed by atoms with Crippen LogP contribution >= 0.6 is 0 Å². The highest BCUT2D eigenvalue weighted by atomic mass is 16.5. The Balaban J connectivity index is 1.37. The fraction of sp³-hybridized carbons (Fsp3) is 0.286. The lowest BCUT2D eigenvalue weighted by atomic mass is 10.0. The molecule has 3 aromatic rings. The number of aromatic amines is 1. The van der Waals surface area contributed by atoms with E-state index in [-0.39, 0.29) is 6.03 Å². The Morgan fingerprint density at radius 3 is 3.14 bits per heavy atom. The van der Waals surface area contributed by atoms with Crippen molar-refractivity contribution in [2.45, 2.75) is 26.4 Å². The van der Waals surface area contributed by atoms with Crippen molar-refractivity contribution in [2.75, 3.05) is 18.5 Å². The van der Waals surface area contributed by atoms with Crippen LogP contribution in [0, 0.1) is 6.92 Å². The number of fused-ring (bicyclic) bond motifs is 1. The molecule has 7 heteroatoms. The summed E-state index contributed by atoms with van der Waals surface area (Å²) in [6.45, 7) is 3.86. The van der Waals surface area contributed by atoms with Crippen molar-refractivity contribution in [1.29, 1.82) is 0 Å². The number of pyridine rings is 1. The zero-order valence-corrected chi connectivity index (χ0v) is 15.8. The zero-order valence-electron chi connectivity index (χ0n) is 15.8.